The maximum absolute atomic E-state index is 12.0. The Kier molecular flexibility index (Phi) is 25.0. The van der Waals surface area contributed by atoms with Gasteiger partial charge in [-0.2, -0.15) is 0 Å². The number of fused-ring (bicyclic) bond motifs is 3. The number of piperidine rings is 5. The van der Waals surface area contributed by atoms with Gasteiger partial charge >= 0.3 is 5.97 Å². The van der Waals surface area contributed by atoms with Crippen LogP contribution in [0.1, 0.15) is 158 Å². The van der Waals surface area contributed by atoms with Crippen molar-refractivity contribution in [1.29, 1.82) is 0 Å². The summed E-state index contributed by atoms with van der Waals surface area (Å²) in [7, 11) is 8.24. The molecule has 5 saturated heterocycles. The summed E-state index contributed by atoms with van der Waals surface area (Å²) in [5.41, 5.74) is 13.6. The number of amides is 2. The highest BCUT2D eigenvalue weighted by Gasteiger charge is 2.29. The first-order chi connectivity index (χ1) is 39.3. The maximum atomic E-state index is 12.0. The number of carboxylic acids is 1. The lowest BCUT2D eigenvalue weighted by Gasteiger charge is -2.35. The Morgan fingerprint density at radius 2 is 0.963 bits per heavy atom. The minimum absolute atomic E-state index is 0.114. The third-order valence-electron chi connectivity index (χ3n) is 17.1. The summed E-state index contributed by atoms with van der Waals surface area (Å²) >= 11 is 0. The van der Waals surface area contributed by atoms with Gasteiger partial charge in [-0.15, -0.1) is 0 Å². The number of carbonyl (C=O) groups excluding carboxylic acids is 2. The third kappa shape index (κ3) is 19.8. The van der Waals surface area contributed by atoms with E-state index in [0.29, 0.717) is 30.6 Å². The molecule has 3 N–H and O–H groups in total. The van der Waals surface area contributed by atoms with Crippen molar-refractivity contribution in [2.45, 2.75) is 192 Å². The Balaban J connectivity index is 0.000000134. The zero-order valence-corrected chi connectivity index (χ0v) is 51.9. The minimum Gasteiger partial charge on any atom is -0.481 e. The van der Waals surface area contributed by atoms with E-state index in [1.807, 2.05) is 42.2 Å². The maximum Gasteiger partial charge on any atom is 0.304 e. The Labute approximate surface area is 491 Å². The molecule has 4 aromatic carbocycles. The van der Waals surface area contributed by atoms with Gasteiger partial charge in [-0.1, -0.05) is 127 Å². The number of likely N-dealkylation sites (tertiary alicyclic amines) is 1. The minimum atomic E-state index is -0.690. The number of hydrogen-bond acceptors (Lipinski definition) is 10. The van der Waals surface area contributed by atoms with Crippen LogP contribution in [0.4, 0.5) is 22.7 Å². The monoisotopic (exact) mass is 1160 g/mol. The lowest BCUT2D eigenvalue weighted by molar-refractivity contribution is -0.138. The first-order valence-corrected chi connectivity index (χ1v) is 31.9. The molecule has 81 heavy (non-hydrogen) atoms. The molecule has 8 aliphatic heterocycles. The van der Waals surface area contributed by atoms with Gasteiger partial charge < -0.3 is 20.6 Å². The molecule has 436 valence electrons. The average Bonchev–Trinajstić information content (AvgIpc) is 4.22. The zero-order valence-electron chi connectivity index (χ0n) is 48.5. The number of aryl methyl sites for hydroxylation is 1. The summed E-state index contributed by atoms with van der Waals surface area (Å²) < 4.78 is 6.72. The van der Waals surface area contributed by atoms with Gasteiger partial charge in [-0.25, -0.2) is 0 Å². The topological polar surface area (TPSA) is 146 Å². The van der Waals surface area contributed by atoms with Gasteiger partial charge in [0.1, 0.15) is 0 Å². The van der Waals surface area contributed by atoms with Crippen LogP contribution in [-0.4, -0.2) is 122 Å². The molecular formula is C65H92N9O4P3. The number of benzene rings is 4. The van der Waals surface area contributed by atoms with Crippen molar-refractivity contribution in [3.05, 3.63) is 119 Å². The zero-order chi connectivity index (χ0) is 56.9. The predicted molar refractivity (Wildman–Crippen MR) is 345 cm³/mol. The number of rotatable bonds is 11. The third-order valence-corrected chi connectivity index (χ3v) is 19.2. The molecule has 8 aliphatic rings. The van der Waals surface area contributed by atoms with Crippen molar-refractivity contribution < 1.29 is 19.5 Å². The van der Waals surface area contributed by atoms with Crippen molar-refractivity contribution in [3.63, 3.8) is 0 Å². The van der Waals surface area contributed by atoms with Gasteiger partial charge in [-0.05, 0) is 131 Å². The van der Waals surface area contributed by atoms with Gasteiger partial charge in [0.05, 0.1) is 23.5 Å². The molecular weight excluding hydrogens is 1060 g/mol. The molecule has 0 aliphatic carbocycles. The van der Waals surface area contributed by atoms with Crippen LogP contribution in [0.5, 0.6) is 0 Å². The van der Waals surface area contributed by atoms with E-state index in [9.17, 15) is 14.4 Å². The molecule has 8 atom stereocenters. The molecule has 0 bridgehead atoms. The van der Waals surface area contributed by atoms with Gasteiger partial charge in [-0.3, -0.25) is 43.4 Å². The van der Waals surface area contributed by atoms with Crippen LogP contribution in [0.15, 0.2) is 112 Å². The van der Waals surface area contributed by atoms with E-state index >= 15 is 0 Å². The van der Waals surface area contributed by atoms with E-state index in [4.69, 9.17) is 20.1 Å². The molecule has 13 nitrogen and oxygen atoms in total. The number of carboxylic acid groups (broad SMARTS) is 1. The highest BCUT2D eigenvalue weighted by atomic mass is 31.0. The molecule has 0 aromatic heterocycles. The van der Waals surface area contributed by atoms with Crippen molar-refractivity contribution in [1.82, 2.24) is 24.2 Å². The van der Waals surface area contributed by atoms with Crippen LogP contribution in [0.2, 0.25) is 0 Å². The molecule has 0 radical (unpaired) electrons. The summed E-state index contributed by atoms with van der Waals surface area (Å²) in [4.78, 5) is 50.3. The standard InChI is InChI=1S/C16H20N2O.C14H21N2OP.C14H19N2P.C14H18N2.C7H14NO2P/c1-12(19)18-9-5-4-7-15(18)11-14-10-13-6-2-3-8-16(13)17-14;1-11-6-2-3-8-13(11)15-14(17)10-12-7-4-5-9-16(12)18;17-16-8-4-3-6-13(16)10-12-9-11-5-1-2-7-14(11)15-12;1-2-7-14-11(5-1)9-13(16-14)10-12-6-3-4-8-15-12;9-7(10)5-6-3-1-2-4-8(6)11/h2-3,6,8,15H,4-5,7,9-11H2,1H3;2-3,6,8,12H,4-5,7,9-10,18H2,1H3,(H,15,17);1-2,5,7,13H,3-4,6,8-10,17H2;1-2,5,7,12,15H,3-4,6,8-10H2;6H,1-5,11H2,(H,9,10). The number of nitrogens with zero attached hydrogens (tertiary/aromatic N) is 7. The normalized spacial score (nSPS) is 23.3. The van der Waals surface area contributed by atoms with E-state index in [2.05, 4.69) is 120 Å². The van der Waals surface area contributed by atoms with Crippen molar-refractivity contribution in [3.8, 4) is 0 Å². The van der Waals surface area contributed by atoms with Crippen molar-refractivity contribution >= 4 is 85.8 Å². The summed E-state index contributed by atoms with van der Waals surface area (Å²) in [5, 5.41) is 15.1. The fourth-order valence-corrected chi connectivity index (χ4v) is 13.9. The number of carbonyl (C=O) groups is 3. The van der Waals surface area contributed by atoms with Gasteiger partial charge in [0.25, 0.3) is 0 Å². The Bertz CT molecular complexity index is 2780. The summed E-state index contributed by atoms with van der Waals surface area (Å²) in [6.07, 6.45) is 25.7. The number of aliphatic carboxylic acids is 1. The van der Waals surface area contributed by atoms with E-state index < -0.39 is 5.97 Å². The molecule has 0 spiro atoms. The van der Waals surface area contributed by atoms with Gasteiger partial charge in [0.2, 0.25) is 11.8 Å². The quantitative estimate of drug-likeness (QED) is 0.126. The number of aliphatic imine (C=N–C) groups is 3. The largest absolute Gasteiger partial charge is 0.481 e. The van der Waals surface area contributed by atoms with Crippen LogP contribution < -0.4 is 10.6 Å². The van der Waals surface area contributed by atoms with E-state index in [-0.39, 0.29) is 24.3 Å². The van der Waals surface area contributed by atoms with E-state index in [1.54, 1.807) is 6.92 Å². The lowest BCUT2D eigenvalue weighted by atomic mass is 9.95. The second kappa shape index (κ2) is 32.5. The number of anilines is 1. The average molecular weight is 1160 g/mol. The first-order valence-electron chi connectivity index (χ1n) is 30.4. The predicted octanol–water partition coefficient (Wildman–Crippen LogP) is 13.4. The smallest absolute Gasteiger partial charge is 0.304 e. The van der Waals surface area contributed by atoms with Crippen molar-refractivity contribution in [2.75, 3.05) is 38.0 Å². The van der Waals surface area contributed by atoms with Crippen LogP contribution in [0.25, 0.3) is 0 Å². The van der Waals surface area contributed by atoms with Crippen LogP contribution in [0.3, 0.4) is 0 Å². The molecule has 16 heteroatoms. The number of nitrogens with one attached hydrogen (secondary N) is 2. The second-order valence-corrected chi connectivity index (χ2v) is 25.4. The molecule has 8 heterocycles. The Morgan fingerprint density at radius 3 is 1.43 bits per heavy atom. The van der Waals surface area contributed by atoms with Crippen LogP contribution >= 0.6 is 28.2 Å². The molecule has 2 amide bonds. The van der Waals surface area contributed by atoms with Crippen molar-refractivity contribution in [2.24, 2.45) is 15.0 Å². The molecule has 12 rings (SSSR count). The summed E-state index contributed by atoms with van der Waals surface area (Å²) in [6.45, 7) is 9.11. The summed E-state index contributed by atoms with van der Waals surface area (Å²) in [5.74, 6) is -0.367. The van der Waals surface area contributed by atoms with Gasteiger partial charge in [0.15, 0.2) is 0 Å². The van der Waals surface area contributed by atoms with Crippen LogP contribution in [-0.2, 0) is 33.6 Å². The van der Waals surface area contributed by atoms with Crippen LogP contribution in [0, 0.1) is 6.92 Å². The van der Waals surface area contributed by atoms with E-state index in [1.165, 1.54) is 129 Å². The van der Waals surface area contributed by atoms with Gasteiger partial charge in [0, 0.05) is 131 Å². The molecule has 4 aromatic rings. The van der Waals surface area contributed by atoms with E-state index in [0.717, 1.165) is 101 Å². The molecule has 5 fully saturated rings. The fourth-order valence-electron chi connectivity index (χ4n) is 12.6. The SMILES string of the molecule is CC(=O)N1CCCCC1CC1=Nc2ccccc2C1.Cc1ccccc1NC(=O)CC1CCCCN1P.O=C(O)CC1CCCCN1P.PN1CCCCC1CC1=Nc2ccccc2C1.c1ccc2c(c1)CC(CC1CCCCN1)=N2. The first kappa shape index (κ1) is 62.5. The lowest BCUT2D eigenvalue weighted by Crippen LogP contribution is -2.43. The summed E-state index contributed by atoms with van der Waals surface area (Å²) in [6, 6.07) is 35.6. The highest BCUT2D eigenvalue weighted by Crippen LogP contribution is 2.33. The molecule has 8 unspecified atom stereocenters. The number of hydrogen-bond donors (Lipinski definition) is 3. The number of para-hydroxylation sites is 4. The molecule has 0 saturated carbocycles. The Morgan fingerprint density at radius 1 is 0.531 bits per heavy atom. The fraction of sp³-hybridized carbons (Fsp3) is 0.538. The highest BCUT2D eigenvalue weighted by molar-refractivity contribution is 7.13. The second-order valence-electron chi connectivity index (χ2n) is 23.4. The Hall–Kier alpha value is -4.57.